The van der Waals surface area contributed by atoms with Crippen LogP contribution in [0, 0.1) is 17.8 Å². The van der Waals surface area contributed by atoms with E-state index in [1.165, 1.54) is 11.3 Å². The number of carbonyl (C=O) groups excluding carboxylic acids is 2. The second-order valence-electron chi connectivity index (χ2n) is 6.13. The summed E-state index contributed by atoms with van der Waals surface area (Å²) in [5.41, 5.74) is 0. The molecule has 19 heavy (non-hydrogen) atoms. The highest BCUT2D eigenvalue weighted by Crippen LogP contribution is 2.35. The molecule has 4 nitrogen and oxygen atoms in total. The van der Waals surface area contributed by atoms with E-state index >= 15 is 0 Å². The molecule has 0 radical (unpaired) electrons. The van der Waals surface area contributed by atoms with E-state index in [1.807, 2.05) is 0 Å². The molecule has 0 aromatic heterocycles. The molecule has 0 aromatic carbocycles. The van der Waals surface area contributed by atoms with Crippen LogP contribution in [0.1, 0.15) is 46.5 Å². The summed E-state index contributed by atoms with van der Waals surface area (Å²) in [6, 6.07) is 0. The van der Waals surface area contributed by atoms with Gasteiger partial charge < -0.3 is 9.64 Å². The Morgan fingerprint density at radius 3 is 2.21 bits per heavy atom. The molecule has 4 atom stereocenters. The number of hydrogen-bond donors (Lipinski definition) is 0. The van der Waals surface area contributed by atoms with E-state index in [4.69, 9.17) is 4.74 Å². The van der Waals surface area contributed by atoms with Crippen LogP contribution in [-0.4, -0.2) is 37.0 Å². The lowest BCUT2D eigenvalue weighted by atomic mass is 9.74. The molecule has 0 aliphatic heterocycles. The quantitative estimate of drug-likeness (QED) is 0.737. The van der Waals surface area contributed by atoms with E-state index in [2.05, 4.69) is 20.8 Å². The molecule has 1 aliphatic rings. The molecule has 1 fully saturated rings. The summed E-state index contributed by atoms with van der Waals surface area (Å²) in [7, 11) is 3.39. The number of esters is 1. The number of amides is 1. The Kier molecular flexibility index (Phi) is 5.83. The molecular formula is C15H27NO3. The zero-order valence-corrected chi connectivity index (χ0v) is 12.8. The molecule has 110 valence electrons. The summed E-state index contributed by atoms with van der Waals surface area (Å²) in [6.45, 7) is 6.52. The second-order valence-corrected chi connectivity index (χ2v) is 6.13. The minimum atomic E-state index is -0.243. The number of nitrogens with zero attached hydrogens (tertiary/aromatic N) is 1. The third-order valence-corrected chi connectivity index (χ3v) is 4.36. The van der Waals surface area contributed by atoms with Crippen molar-refractivity contribution in [3.05, 3.63) is 0 Å². The van der Waals surface area contributed by atoms with Crippen molar-refractivity contribution < 1.29 is 14.3 Å². The van der Waals surface area contributed by atoms with Crippen molar-refractivity contribution in [3.8, 4) is 0 Å². The van der Waals surface area contributed by atoms with Crippen molar-refractivity contribution in [1.82, 2.24) is 4.90 Å². The second kappa shape index (κ2) is 6.92. The Labute approximate surface area is 116 Å². The van der Waals surface area contributed by atoms with Crippen molar-refractivity contribution in [2.45, 2.75) is 52.6 Å². The molecule has 1 aliphatic carbocycles. The van der Waals surface area contributed by atoms with Crippen molar-refractivity contribution in [1.29, 1.82) is 0 Å². The minimum absolute atomic E-state index is 0.00529. The Balaban J connectivity index is 2.44. The predicted molar refractivity (Wildman–Crippen MR) is 74.5 cm³/mol. The van der Waals surface area contributed by atoms with Crippen LogP contribution in [-0.2, 0) is 14.3 Å². The van der Waals surface area contributed by atoms with E-state index in [1.54, 1.807) is 14.1 Å². The topological polar surface area (TPSA) is 46.6 Å². The zero-order chi connectivity index (χ0) is 14.6. The average molecular weight is 269 g/mol. The maximum absolute atomic E-state index is 11.8. The lowest BCUT2D eigenvalue weighted by Crippen LogP contribution is -2.39. The van der Waals surface area contributed by atoms with Crippen LogP contribution < -0.4 is 0 Å². The fraction of sp³-hybridized carbons (Fsp3) is 0.867. The molecule has 1 saturated carbocycles. The highest BCUT2D eigenvalue weighted by Gasteiger charge is 2.35. The summed E-state index contributed by atoms with van der Waals surface area (Å²) >= 11 is 0. The van der Waals surface area contributed by atoms with Gasteiger partial charge in [-0.15, -0.1) is 0 Å². The van der Waals surface area contributed by atoms with E-state index in [0.29, 0.717) is 17.8 Å². The van der Waals surface area contributed by atoms with Crippen LogP contribution in [0.4, 0.5) is 0 Å². The van der Waals surface area contributed by atoms with Gasteiger partial charge in [-0.05, 0) is 30.6 Å². The van der Waals surface area contributed by atoms with Crippen LogP contribution in [0.25, 0.3) is 0 Å². The van der Waals surface area contributed by atoms with Crippen molar-refractivity contribution >= 4 is 11.9 Å². The summed E-state index contributed by atoms with van der Waals surface area (Å²) < 4.78 is 5.61. The first-order chi connectivity index (χ1) is 8.82. The average Bonchev–Trinajstić information content (AvgIpc) is 2.36. The van der Waals surface area contributed by atoms with Crippen molar-refractivity contribution in [2.24, 2.45) is 17.8 Å². The lowest BCUT2D eigenvalue weighted by Gasteiger charge is -2.38. The maximum atomic E-state index is 11.8. The van der Waals surface area contributed by atoms with Crippen LogP contribution in [0.3, 0.4) is 0 Å². The van der Waals surface area contributed by atoms with Gasteiger partial charge in [-0.3, -0.25) is 9.59 Å². The molecule has 2 unspecified atom stereocenters. The van der Waals surface area contributed by atoms with E-state index < -0.39 is 0 Å². The minimum Gasteiger partial charge on any atom is -0.462 e. The Bertz CT molecular complexity index is 327. The van der Waals surface area contributed by atoms with Gasteiger partial charge in [-0.25, -0.2) is 0 Å². The molecule has 0 N–H and O–H groups in total. The monoisotopic (exact) mass is 269 g/mol. The molecule has 1 rings (SSSR count). The molecule has 0 heterocycles. The van der Waals surface area contributed by atoms with Crippen molar-refractivity contribution in [3.63, 3.8) is 0 Å². The van der Waals surface area contributed by atoms with Gasteiger partial charge in [0.25, 0.3) is 0 Å². The fourth-order valence-electron chi connectivity index (χ4n) is 2.66. The largest absolute Gasteiger partial charge is 0.462 e. The normalized spacial score (nSPS) is 30.8. The third-order valence-electron chi connectivity index (χ3n) is 4.36. The van der Waals surface area contributed by atoms with Gasteiger partial charge in [-0.1, -0.05) is 20.8 Å². The molecule has 0 saturated heterocycles. The molecule has 0 bridgehead atoms. The van der Waals surface area contributed by atoms with E-state index in [9.17, 15) is 9.59 Å². The third kappa shape index (κ3) is 4.51. The molecule has 4 heteroatoms. The highest BCUT2D eigenvalue weighted by molar-refractivity contribution is 5.81. The number of carbonyl (C=O) groups is 2. The Morgan fingerprint density at radius 2 is 1.63 bits per heavy atom. The number of ether oxygens (including phenoxy) is 1. The molecule has 1 amide bonds. The summed E-state index contributed by atoms with van der Waals surface area (Å²) in [5.74, 6) is 1.14. The first-order valence-electron chi connectivity index (χ1n) is 7.22. The number of hydrogen-bond acceptors (Lipinski definition) is 3. The van der Waals surface area contributed by atoms with Gasteiger partial charge in [0.15, 0.2) is 0 Å². The van der Waals surface area contributed by atoms with Gasteiger partial charge in [-0.2, -0.15) is 0 Å². The van der Waals surface area contributed by atoms with Gasteiger partial charge in [0.1, 0.15) is 6.10 Å². The standard InChI is InChI=1S/C15H27NO3/c1-10-6-7-11(2)15(12(10)3)19-14(18)9-8-13(17)16(4)5/h10-12,15H,6-9H2,1-5H3/t10?,11?,12-,15-/m0/s1. The van der Waals surface area contributed by atoms with Gasteiger partial charge >= 0.3 is 5.97 Å². The van der Waals surface area contributed by atoms with E-state index in [-0.39, 0.29) is 30.8 Å². The van der Waals surface area contributed by atoms with Gasteiger partial charge in [0.2, 0.25) is 5.91 Å². The molecular weight excluding hydrogens is 242 g/mol. The summed E-state index contributed by atoms with van der Waals surface area (Å²) in [5, 5.41) is 0. The fourth-order valence-corrected chi connectivity index (χ4v) is 2.66. The first kappa shape index (κ1) is 16.0. The number of rotatable bonds is 4. The Hall–Kier alpha value is -1.06. The van der Waals surface area contributed by atoms with Gasteiger partial charge in [0, 0.05) is 20.5 Å². The maximum Gasteiger partial charge on any atom is 0.306 e. The van der Waals surface area contributed by atoms with Crippen LogP contribution in [0.15, 0.2) is 0 Å². The predicted octanol–water partition coefficient (Wildman–Crippen LogP) is 2.47. The van der Waals surface area contributed by atoms with E-state index in [0.717, 1.165) is 6.42 Å². The zero-order valence-electron chi connectivity index (χ0n) is 12.8. The van der Waals surface area contributed by atoms with Crippen molar-refractivity contribution in [2.75, 3.05) is 14.1 Å². The molecule has 0 aromatic rings. The SMILES string of the molecule is CC1CCC(C)[C@H](OC(=O)CCC(=O)N(C)C)[C@H]1C. The first-order valence-corrected chi connectivity index (χ1v) is 7.22. The van der Waals surface area contributed by atoms with Crippen LogP contribution in [0.2, 0.25) is 0 Å². The molecule has 0 spiro atoms. The highest BCUT2D eigenvalue weighted by atomic mass is 16.5. The van der Waals surface area contributed by atoms with Crippen LogP contribution in [0.5, 0.6) is 0 Å². The Morgan fingerprint density at radius 1 is 1.05 bits per heavy atom. The lowest BCUT2D eigenvalue weighted by molar-refractivity contribution is -0.159. The van der Waals surface area contributed by atoms with Crippen LogP contribution >= 0.6 is 0 Å². The summed E-state index contributed by atoms with van der Waals surface area (Å²) in [6.07, 6.45) is 2.74. The summed E-state index contributed by atoms with van der Waals surface area (Å²) in [4.78, 5) is 24.8. The van der Waals surface area contributed by atoms with Gasteiger partial charge in [0.05, 0.1) is 6.42 Å². The smallest absolute Gasteiger partial charge is 0.306 e.